The minimum absolute atomic E-state index is 0. The fraction of sp³-hybridized carbons (Fsp3) is 0.386. The molecule has 2 amide bonds. The number of fused-ring (bicyclic) bond motifs is 1. The lowest BCUT2D eigenvalue weighted by atomic mass is 9.87. The number of halogens is 6. The second-order valence-electron chi connectivity index (χ2n) is 14.9. The number of benzene rings is 4. The van der Waals surface area contributed by atoms with Crippen LogP contribution in [0.1, 0.15) is 101 Å². The van der Waals surface area contributed by atoms with Gasteiger partial charge in [-0.15, -0.1) is 12.4 Å². The molecule has 302 valence electrons. The van der Waals surface area contributed by atoms with Gasteiger partial charge >= 0.3 is 6.18 Å². The van der Waals surface area contributed by atoms with Crippen LogP contribution in [0.25, 0.3) is 11.1 Å². The first-order chi connectivity index (χ1) is 26.8. The van der Waals surface area contributed by atoms with E-state index >= 15 is 0 Å². The third kappa shape index (κ3) is 9.83. The van der Waals surface area contributed by atoms with Gasteiger partial charge in [-0.2, -0.15) is 18.4 Å². The van der Waals surface area contributed by atoms with Crippen molar-refractivity contribution in [1.82, 2.24) is 15.5 Å². The second kappa shape index (κ2) is 18.2. The third-order valence-corrected chi connectivity index (χ3v) is 10.9. The topological polar surface area (TPSA) is 105 Å². The first-order valence-electron chi connectivity index (χ1n) is 19.1. The van der Waals surface area contributed by atoms with Gasteiger partial charge in [-0.25, -0.2) is 8.78 Å². The first-order valence-corrected chi connectivity index (χ1v) is 19.1. The molecule has 0 radical (unpaired) electrons. The van der Waals surface area contributed by atoms with E-state index in [9.17, 15) is 41.9 Å². The Balaban J connectivity index is 0.00000620. The molecule has 2 atom stereocenters. The highest BCUT2D eigenvalue weighted by Crippen LogP contribution is 2.46. The highest BCUT2D eigenvalue weighted by atomic mass is 35.5. The van der Waals surface area contributed by atoms with E-state index in [0.717, 1.165) is 49.9 Å². The van der Waals surface area contributed by atoms with Crippen LogP contribution >= 0.6 is 12.4 Å². The zero-order valence-electron chi connectivity index (χ0n) is 31.8. The van der Waals surface area contributed by atoms with Crippen molar-refractivity contribution < 1.29 is 36.6 Å². The Morgan fingerprint density at radius 3 is 2.26 bits per heavy atom. The summed E-state index contributed by atoms with van der Waals surface area (Å²) in [4.78, 5) is 30.6. The highest BCUT2D eigenvalue weighted by Gasteiger charge is 2.45. The summed E-state index contributed by atoms with van der Waals surface area (Å²) in [7, 11) is 0. The summed E-state index contributed by atoms with van der Waals surface area (Å²) in [5.74, 6) is -2.55. The Morgan fingerprint density at radius 2 is 1.63 bits per heavy atom. The van der Waals surface area contributed by atoms with Crippen LogP contribution in [-0.2, 0) is 24.6 Å². The molecule has 3 N–H and O–H groups in total. The summed E-state index contributed by atoms with van der Waals surface area (Å²) in [5.41, 5.74) is 1.31. The molecule has 1 saturated carbocycles. The maximum Gasteiger partial charge on any atom is 0.416 e. The summed E-state index contributed by atoms with van der Waals surface area (Å²) in [6, 6.07) is 19.2. The number of aliphatic hydroxyl groups is 1. The summed E-state index contributed by atoms with van der Waals surface area (Å²) >= 11 is 0. The third-order valence-electron chi connectivity index (χ3n) is 10.9. The maximum atomic E-state index is 14.5. The van der Waals surface area contributed by atoms with Crippen molar-refractivity contribution in [3.05, 3.63) is 129 Å². The molecule has 7 nitrogen and oxygen atoms in total. The molecule has 1 fully saturated rings. The van der Waals surface area contributed by atoms with E-state index in [1.807, 2.05) is 4.90 Å². The van der Waals surface area contributed by atoms with Crippen LogP contribution in [0, 0.1) is 23.0 Å². The fourth-order valence-electron chi connectivity index (χ4n) is 7.92. The van der Waals surface area contributed by atoms with Crippen molar-refractivity contribution in [2.45, 2.75) is 95.1 Å². The number of carbonyl (C=O) groups is 2. The molecular weight excluding hydrogens is 763 g/mol. The van der Waals surface area contributed by atoms with Crippen LogP contribution in [0.15, 0.2) is 78.9 Å². The Bertz CT molecular complexity index is 2110. The predicted octanol–water partition coefficient (Wildman–Crippen LogP) is 8.89. The van der Waals surface area contributed by atoms with E-state index in [-0.39, 0.29) is 48.4 Å². The molecule has 2 aliphatic rings. The van der Waals surface area contributed by atoms with Crippen molar-refractivity contribution in [3.63, 3.8) is 0 Å². The Labute approximate surface area is 335 Å². The quantitative estimate of drug-likeness (QED) is 0.104. The van der Waals surface area contributed by atoms with Crippen molar-refractivity contribution in [2.75, 3.05) is 13.1 Å². The molecule has 4 aromatic carbocycles. The van der Waals surface area contributed by atoms with E-state index in [0.29, 0.717) is 65.3 Å². The molecule has 1 aliphatic carbocycles. The number of nitrogens with one attached hydrogen (secondary N) is 2. The van der Waals surface area contributed by atoms with Gasteiger partial charge in [0.25, 0.3) is 11.8 Å². The molecule has 1 aliphatic heterocycles. The fourth-order valence-corrected chi connectivity index (χ4v) is 7.92. The summed E-state index contributed by atoms with van der Waals surface area (Å²) in [5, 5.41) is 27.7. The van der Waals surface area contributed by atoms with Gasteiger partial charge in [0.05, 0.1) is 29.3 Å². The standard InChI is InChI=1S/C44H45F5N4O3.ClH/c1-3-8-34(9-4-2)53-17-14-36-37(21-29(22-38(36)42(53)56)35-13-6-5-10-28(35)25-50)41(55)52-39(20-27-18-32(45)24-33(46)19-27)40(54)26-51-43(15-16-43)30-11-7-12-31(23-30)44(47,48)49;/h5-7,10-13,18-19,21-24,34,39-40,51,54H,3-4,8-9,14-17,20,26H2,1-2H3,(H,52,55);1H/t39-,40+;/m0./s1. The molecule has 13 heteroatoms. The number of nitrogens with zero attached hydrogens (tertiary/aromatic N) is 2. The van der Waals surface area contributed by atoms with Crippen LogP contribution in [-0.4, -0.2) is 53.1 Å². The lowest BCUT2D eigenvalue weighted by Gasteiger charge is -2.36. The van der Waals surface area contributed by atoms with Crippen molar-refractivity contribution in [3.8, 4) is 17.2 Å². The number of aliphatic hydroxyl groups excluding tert-OH is 1. The number of carbonyl (C=O) groups excluding carboxylic acids is 2. The molecular formula is C44H46ClF5N4O3. The van der Waals surface area contributed by atoms with Gasteiger partial charge < -0.3 is 20.6 Å². The SMILES string of the molecule is CCCC(CCC)N1CCc2c(C(=O)N[C@@H](Cc3cc(F)cc(F)c3)[C@H](O)CNC3(c4cccc(C(F)(F)F)c4)CC3)cc(-c3ccccc3C#N)cc2C1=O.Cl. The van der Waals surface area contributed by atoms with Crippen molar-refractivity contribution >= 4 is 24.2 Å². The van der Waals surface area contributed by atoms with E-state index in [2.05, 4.69) is 30.6 Å². The molecule has 1 heterocycles. The Kier molecular flexibility index (Phi) is 13.8. The number of alkyl halides is 3. The zero-order chi connectivity index (χ0) is 40.2. The van der Waals surface area contributed by atoms with Crippen LogP contribution in [0.4, 0.5) is 22.0 Å². The predicted molar refractivity (Wildman–Crippen MR) is 210 cm³/mol. The number of rotatable bonds is 15. The molecule has 4 aromatic rings. The molecule has 6 rings (SSSR count). The minimum atomic E-state index is -4.54. The number of hydrogen-bond acceptors (Lipinski definition) is 5. The molecule has 0 saturated heterocycles. The van der Waals surface area contributed by atoms with Crippen LogP contribution in [0.5, 0.6) is 0 Å². The van der Waals surface area contributed by atoms with Gasteiger partial charge in [-0.1, -0.05) is 57.0 Å². The van der Waals surface area contributed by atoms with Crippen LogP contribution in [0.3, 0.4) is 0 Å². The molecule has 57 heavy (non-hydrogen) atoms. The lowest BCUT2D eigenvalue weighted by molar-refractivity contribution is -0.137. The average molecular weight is 809 g/mol. The van der Waals surface area contributed by atoms with E-state index in [1.54, 1.807) is 42.5 Å². The number of hydrogen-bond donors (Lipinski definition) is 3. The monoisotopic (exact) mass is 808 g/mol. The molecule has 0 unspecified atom stereocenters. The normalized spacial score (nSPS) is 15.6. The van der Waals surface area contributed by atoms with Crippen LogP contribution in [0.2, 0.25) is 0 Å². The zero-order valence-corrected chi connectivity index (χ0v) is 32.6. The smallest absolute Gasteiger partial charge is 0.390 e. The van der Waals surface area contributed by atoms with Gasteiger partial charge in [0.2, 0.25) is 0 Å². The van der Waals surface area contributed by atoms with E-state index in [4.69, 9.17) is 0 Å². The van der Waals surface area contributed by atoms with Gasteiger partial charge in [0.15, 0.2) is 0 Å². The molecule has 0 spiro atoms. The van der Waals surface area contributed by atoms with Gasteiger partial charge in [0.1, 0.15) is 11.6 Å². The van der Waals surface area contributed by atoms with Crippen LogP contribution < -0.4 is 10.6 Å². The van der Waals surface area contributed by atoms with E-state index in [1.165, 1.54) is 6.07 Å². The minimum Gasteiger partial charge on any atom is -0.390 e. The first kappa shape index (κ1) is 43.3. The lowest BCUT2D eigenvalue weighted by Crippen LogP contribution is -2.50. The highest BCUT2D eigenvalue weighted by molar-refractivity contribution is 6.05. The summed E-state index contributed by atoms with van der Waals surface area (Å²) in [6.07, 6.45) is -1.28. The molecule has 0 bridgehead atoms. The Hall–Kier alpha value is -4.83. The van der Waals surface area contributed by atoms with Gasteiger partial charge in [0, 0.05) is 41.9 Å². The second-order valence-corrected chi connectivity index (χ2v) is 14.9. The van der Waals surface area contributed by atoms with Gasteiger partial charge in [-0.05, 0) is 109 Å². The summed E-state index contributed by atoms with van der Waals surface area (Å²) in [6.45, 7) is 4.36. The molecule has 0 aromatic heterocycles. The van der Waals surface area contributed by atoms with Gasteiger partial charge in [-0.3, -0.25) is 9.59 Å². The maximum absolute atomic E-state index is 14.5. The largest absolute Gasteiger partial charge is 0.416 e. The summed E-state index contributed by atoms with van der Waals surface area (Å²) < 4.78 is 69.3. The Morgan fingerprint density at radius 1 is 0.947 bits per heavy atom. The number of amides is 2. The van der Waals surface area contributed by atoms with Crippen molar-refractivity contribution in [2.24, 2.45) is 0 Å². The number of nitriles is 1. The van der Waals surface area contributed by atoms with Crippen molar-refractivity contribution in [1.29, 1.82) is 5.26 Å². The van der Waals surface area contributed by atoms with E-state index < -0.39 is 47.0 Å². The average Bonchev–Trinajstić information content (AvgIpc) is 3.97.